The fraction of sp³-hybridized carbons (Fsp3) is 0.529. The zero-order valence-electron chi connectivity index (χ0n) is 13.5. The molecule has 130 valence electrons. The summed E-state index contributed by atoms with van der Waals surface area (Å²) in [4.78, 5) is 29.5. The maximum Gasteiger partial charge on any atom is 0.307 e. The fourth-order valence-electron chi connectivity index (χ4n) is 3.36. The van der Waals surface area contributed by atoms with Crippen LogP contribution >= 0.6 is 11.6 Å². The van der Waals surface area contributed by atoms with E-state index < -0.39 is 5.97 Å². The third-order valence-corrected chi connectivity index (χ3v) is 5.02. The predicted octanol–water partition coefficient (Wildman–Crippen LogP) is 1.40. The summed E-state index contributed by atoms with van der Waals surface area (Å²) < 4.78 is 0. The first kappa shape index (κ1) is 17.0. The first-order valence-electron chi connectivity index (χ1n) is 8.26. The van der Waals surface area contributed by atoms with E-state index in [1.807, 2.05) is 34.1 Å². The quantitative estimate of drug-likeness (QED) is 0.888. The molecule has 0 radical (unpaired) electrons. The van der Waals surface area contributed by atoms with E-state index in [1.54, 1.807) is 0 Å². The summed E-state index contributed by atoms with van der Waals surface area (Å²) in [5, 5.41) is 9.75. The highest BCUT2D eigenvalue weighted by molar-refractivity contribution is 6.30. The molecule has 6 nitrogen and oxygen atoms in total. The van der Waals surface area contributed by atoms with Gasteiger partial charge in [0, 0.05) is 43.4 Å². The van der Waals surface area contributed by atoms with Crippen LogP contribution in [0, 0.1) is 5.92 Å². The number of carbonyl (C=O) groups excluding carboxylic acids is 1. The van der Waals surface area contributed by atoms with Gasteiger partial charge in [-0.15, -0.1) is 0 Å². The maximum absolute atomic E-state index is 12.4. The molecule has 2 saturated heterocycles. The van der Waals surface area contributed by atoms with Crippen LogP contribution in [0.4, 0.5) is 5.69 Å². The van der Waals surface area contributed by atoms with E-state index in [4.69, 9.17) is 16.7 Å². The van der Waals surface area contributed by atoms with Gasteiger partial charge < -0.3 is 14.9 Å². The van der Waals surface area contributed by atoms with E-state index in [0.717, 1.165) is 18.8 Å². The van der Waals surface area contributed by atoms with Crippen molar-refractivity contribution in [1.82, 2.24) is 9.80 Å². The molecule has 1 aromatic rings. The molecule has 1 N–H and O–H groups in total. The summed E-state index contributed by atoms with van der Waals surface area (Å²) in [5.41, 5.74) is 1.08. The molecular weight excluding hydrogens is 330 g/mol. The minimum absolute atomic E-state index is 0.0896. The number of rotatable bonds is 4. The summed E-state index contributed by atoms with van der Waals surface area (Å²) in [6.07, 6.45) is 0.630. The van der Waals surface area contributed by atoms with Crippen LogP contribution in [0.5, 0.6) is 0 Å². The molecule has 2 fully saturated rings. The van der Waals surface area contributed by atoms with Gasteiger partial charge >= 0.3 is 5.97 Å². The lowest BCUT2D eigenvalue weighted by molar-refractivity contribution is -0.141. The number of anilines is 1. The monoisotopic (exact) mass is 351 g/mol. The van der Waals surface area contributed by atoms with Crippen LogP contribution in [0.15, 0.2) is 24.3 Å². The molecule has 0 saturated carbocycles. The lowest BCUT2D eigenvalue weighted by Gasteiger charge is -2.36. The lowest BCUT2D eigenvalue weighted by atomic mass is 10.1. The molecule has 0 bridgehead atoms. The normalized spacial score (nSPS) is 22.0. The van der Waals surface area contributed by atoms with E-state index in [-0.39, 0.29) is 11.8 Å². The molecule has 1 atom stereocenters. The molecule has 24 heavy (non-hydrogen) atoms. The Hall–Kier alpha value is -1.79. The van der Waals surface area contributed by atoms with Gasteiger partial charge in [-0.05, 0) is 31.2 Å². The standard InChI is InChI=1S/C17H22ClN3O3/c18-14-2-1-3-15(10-14)20-6-8-21(9-7-20)16(22)12-19-5-4-13(11-19)17(23)24/h1-3,10,13H,4-9,11-12H2,(H,23,24). The van der Waals surface area contributed by atoms with Crippen LogP contribution in [0.1, 0.15) is 6.42 Å². The molecule has 2 heterocycles. The second kappa shape index (κ2) is 7.40. The first-order chi connectivity index (χ1) is 11.5. The number of piperazine rings is 1. The highest BCUT2D eigenvalue weighted by Crippen LogP contribution is 2.21. The first-order valence-corrected chi connectivity index (χ1v) is 8.64. The van der Waals surface area contributed by atoms with Crippen molar-refractivity contribution in [2.75, 3.05) is 50.7 Å². The second-order valence-electron chi connectivity index (χ2n) is 6.41. The number of hydrogen-bond acceptors (Lipinski definition) is 4. The molecule has 0 aliphatic carbocycles. The molecule has 1 aromatic carbocycles. The summed E-state index contributed by atoms with van der Waals surface area (Å²) in [7, 11) is 0. The van der Waals surface area contributed by atoms with E-state index in [1.165, 1.54) is 0 Å². The van der Waals surface area contributed by atoms with E-state index in [2.05, 4.69) is 4.90 Å². The van der Waals surface area contributed by atoms with Crippen LogP contribution < -0.4 is 4.90 Å². The number of nitrogens with zero attached hydrogens (tertiary/aromatic N) is 3. The Bertz CT molecular complexity index is 617. The van der Waals surface area contributed by atoms with Gasteiger partial charge in [0.05, 0.1) is 12.5 Å². The SMILES string of the molecule is O=C(O)C1CCN(CC(=O)N2CCN(c3cccc(Cl)c3)CC2)C1. The number of hydrogen-bond donors (Lipinski definition) is 1. The van der Waals surface area contributed by atoms with Crippen molar-refractivity contribution < 1.29 is 14.7 Å². The van der Waals surface area contributed by atoms with Gasteiger partial charge in [-0.25, -0.2) is 0 Å². The van der Waals surface area contributed by atoms with Gasteiger partial charge in [0.15, 0.2) is 0 Å². The largest absolute Gasteiger partial charge is 0.481 e. The molecule has 2 aliphatic rings. The number of carboxylic acid groups (broad SMARTS) is 1. The molecular formula is C17H22ClN3O3. The molecule has 0 spiro atoms. The van der Waals surface area contributed by atoms with E-state index in [9.17, 15) is 9.59 Å². The minimum atomic E-state index is -0.764. The van der Waals surface area contributed by atoms with Crippen molar-refractivity contribution in [2.45, 2.75) is 6.42 Å². The number of benzene rings is 1. The maximum atomic E-state index is 12.4. The Labute approximate surface area is 146 Å². The minimum Gasteiger partial charge on any atom is -0.481 e. The molecule has 3 rings (SSSR count). The summed E-state index contributed by atoms with van der Waals surface area (Å²) in [6, 6.07) is 7.75. The average molecular weight is 352 g/mol. The van der Waals surface area contributed by atoms with Gasteiger partial charge in [0.1, 0.15) is 0 Å². The van der Waals surface area contributed by atoms with Crippen LogP contribution in [-0.4, -0.2) is 72.6 Å². The zero-order chi connectivity index (χ0) is 17.1. The average Bonchev–Trinajstić information content (AvgIpc) is 3.04. The number of likely N-dealkylation sites (tertiary alicyclic amines) is 1. The van der Waals surface area contributed by atoms with Crippen molar-refractivity contribution in [3.8, 4) is 0 Å². The van der Waals surface area contributed by atoms with Gasteiger partial charge in [-0.2, -0.15) is 0 Å². The Balaban J connectivity index is 1.48. The van der Waals surface area contributed by atoms with Crippen molar-refractivity contribution in [3.63, 3.8) is 0 Å². The van der Waals surface area contributed by atoms with Gasteiger partial charge in [-0.3, -0.25) is 14.5 Å². The molecule has 1 amide bonds. The Kier molecular flexibility index (Phi) is 5.26. The highest BCUT2D eigenvalue weighted by atomic mass is 35.5. The number of amides is 1. The molecule has 1 unspecified atom stereocenters. The Morgan fingerprint density at radius 3 is 2.54 bits per heavy atom. The van der Waals surface area contributed by atoms with Crippen molar-refractivity contribution >= 4 is 29.2 Å². The second-order valence-corrected chi connectivity index (χ2v) is 6.84. The number of halogens is 1. The van der Waals surface area contributed by atoms with Crippen molar-refractivity contribution in [1.29, 1.82) is 0 Å². The van der Waals surface area contributed by atoms with E-state index >= 15 is 0 Å². The van der Waals surface area contributed by atoms with Crippen LogP contribution in [0.2, 0.25) is 5.02 Å². The zero-order valence-corrected chi connectivity index (χ0v) is 14.3. The predicted molar refractivity (Wildman–Crippen MR) is 92.4 cm³/mol. The van der Waals surface area contributed by atoms with E-state index in [0.29, 0.717) is 44.2 Å². The van der Waals surface area contributed by atoms with Crippen molar-refractivity contribution in [3.05, 3.63) is 29.3 Å². The van der Waals surface area contributed by atoms with Gasteiger partial charge in [-0.1, -0.05) is 17.7 Å². The number of carbonyl (C=O) groups is 2. The number of aliphatic carboxylic acids is 1. The molecule has 2 aliphatic heterocycles. The van der Waals surface area contributed by atoms with Crippen LogP contribution in [-0.2, 0) is 9.59 Å². The highest BCUT2D eigenvalue weighted by Gasteiger charge is 2.30. The third kappa shape index (κ3) is 3.99. The fourth-order valence-corrected chi connectivity index (χ4v) is 3.54. The molecule has 0 aromatic heterocycles. The van der Waals surface area contributed by atoms with Crippen LogP contribution in [0.3, 0.4) is 0 Å². The number of carboxylic acids is 1. The van der Waals surface area contributed by atoms with Gasteiger partial charge in [0.25, 0.3) is 0 Å². The summed E-state index contributed by atoms with van der Waals surface area (Å²) >= 11 is 6.03. The smallest absolute Gasteiger partial charge is 0.307 e. The lowest BCUT2D eigenvalue weighted by Crippen LogP contribution is -2.51. The summed E-state index contributed by atoms with van der Waals surface area (Å²) in [5.74, 6) is -1.01. The van der Waals surface area contributed by atoms with Crippen molar-refractivity contribution in [2.24, 2.45) is 5.92 Å². The Morgan fingerprint density at radius 2 is 1.92 bits per heavy atom. The topological polar surface area (TPSA) is 64.1 Å². The molecule has 7 heteroatoms. The Morgan fingerprint density at radius 1 is 1.17 bits per heavy atom. The van der Waals surface area contributed by atoms with Gasteiger partial charge in [0.2, 0.25) is 5.91 Å². The van der Waals surface area contributed by atoms with Crippen LogP contribution in [0.25, 0.3) is 0 Å². The third-order valence-electron chi connectivity index (χ3n) is 4.79. The summed E-state index contributed by atoms with van der Waals surface area (Å²) in [6.45, 7) is 4.41.